The van der Waals surface area contributed by atoms with Crippen LogP contribution in [0.4, 0.5) is 21.8 Å². The highest BCUT2D eigenvalue weighted by Gasteiger charge is 2.60. The van der Waals surface area contributed by atoms with E-state index in [1.54, 1.807) is 29.0 Å². The Morgan fingerprint density at radius 2 is 1.85 bits per heavy atom. The van der Waals surface area contributed by atoms with Gasteiger partial charge in [0, 0.05) is 72.8 Å². The van der Waals surface area contributed by atoms with Crippen molar-refractivity contribution in [3.8, 4) is 5.75 Å². The molecule has 2 aliphatic carbocycles. The number of hydrogen-bond acceptors (Lipinski definition) is 12. The summed E-state index contributed by atoms with van der Waals surface area (Å²) in [5, 5.41) is 9.25. The predicted octanol–water partition coefficient (Wildman–Crippen LogP) is 4.97. The van der Waals surface area contributed by atoms with Gasteiger partial charge in [0.05, 0.1) is 30.5 Å². The zero-order valence-corrected chi connectivity index (χ0v) is 37.5. The SMILES string of the molecule is CNC(=O)COc1cc2cc(Nc3nc(N4CCC(O[C@H]5C[C@H](N6CCC7(c8ccc9c(c8F)CN(C8CCC(=O)NC8=O)C9=O)CC7C6)C5)CC4)ncc3Cl)ccc2n(C(C)C)c1=O. The van der Waals surface area contributed by atoms with Crippen molar-refractivity contribution in [2.75, 3.05) is 50.1 Å². The number of pyridine rings is 1. The number of hydrogen-bond donors (Lipinski definition) is 3. The van der Waals surface area contributed by atoms with Gasteiger partial charge in [0.15, 0.2) is 18.2 Å². The van der Waals surface area contributed by atoms with Crippen LogP contribution in [0.15, 0.2) is 47.4 Å². The number of imide groups is 1. The van der Waals surface area contributed by atoms with Crippen LogP contribution in [0, 0.1) is 11.7 Å². The van der Waals surface area contributed by atoms with Crippen LogP contribution < -0.4 is 31.1 Å². The van der Waals surface area contributed by atoms with Crippen LogP contribution in [0.1, 0.15) is 92.7 Å². The third-order valence-corrected chi connectivity index (χ3v) is 14.8. The number of nitrogens with one attached hydrogen (secondary N) is 3. The number of likely N-dealkylation sites (tertiary alicyclic amines) is 1. The highest BCUT2D eigenvalue weighted by Crippen LogP contribution is 2.61. The number of anilines is 3. The summed E-state index contributed by atoms with van der Waals surface area (Å²) < 4.78 is 30.2. The molecule has 3 atom stereocenters. The molecular formula is C47H53ClFN9O7. The zero-order valence-electron chi connectivity index (χ0n) is 36.7. The first-order valence-corrected chi connectivity index (χ1v) is 23.1. The van der Waals surface area contributed by atoms with Gasteiger partial charge in [-0.15, -0.1) is 0 Å². The van der Waals surface area contributed by atoms with Crippen LogP contribution >= 0.6 is 11.6 Å². The quantitative estimate of drug-likeness (QED) is 0.163. The summed E-state index contributed by atoms with van der Waals surface area (Å²) in [6, 6.07) is 10.3. The van der Waals surface area contributed by atoms with Crippen molar-refractivity contribution >= 4 is 63.6 Å². The number of likely N-dealkylation sites (N-methyl/N-ethyl adjacent to an activating group) is 1. The number of piperidine rings is 3. The number of carbonyl (C=O) groups is 4. The molecule has 4 aromatic rings. The molecule has 6 heterocycles. The van der Waals surface area contributed by atoms with Crippen molar-refractivity contribution in [3.63, 3.8) is 0 Å². The average molecular weight is 910 g/mol. The molecule has 2 aromatic heterocycles. The van der Waals surface area contributed by atoms with E-state index in [-0.39, 0.29) is 84.5 Å². The molecule has 0 radical (unpaired) electrons. The Morgan fingerprint density at radius 3 is 2.58 bits per heavy atom. The Kier molecular flexibility index (Phi) is 11.3. The standard InChI is InChI=1S/C47H53ClFN9O7/c1-25(2)58-36-7-4-28(16-26(36)17-38(45(58)63)64-24-40(60)50-3)52-42-35(48)21-51-46(54-42)55-13-10-30(11-14-55)65-31-18-29(19-31)56-15-12-47(20-27(47)22-56)34-6-5-32-33(41(34)49)23-57(44(32)62)37-8-9-39(59)53-43(37)61/h4-7,16-17,21,25,27,29-31,37H,8-15,18-20,22-24H2,1-3H3,(H,50,60)(H,51,52,54)(H,53,59,61)/t27?,29-,31-,37?,47?. The van der Waals surface area contributed by atoms with E-state index in [4.69, 9.17) is 26.1 Å². The first-order valence-electron chi connectivity index (χ1n) is 22.7. The third-order valence-electron chi connectivity index (χ3n) is 14.6. The second-order valence-electron chi connectivity index (χ2n) is 18.7. The smallest absolute Gasteiger partial charge is 0.293 e. The van der Waals surface area contributed by atoms with Crippen LogP contribution in [0.2, 0.25) is 5.02 Å². The van der Waals surface area contributed by atoms with Crippen LogP contribution in [0.25, 0.3) is 10.9 Å². The third kappa shape index (κ3) is 7.98. The van der Waals surface area contributed by atoms with Crippen LogP contribution in [0.5, 0.6) is 5.75 Å². The largest absolute Gasteiger partial charge is 0.478 e. The van der Waals surface area contributed by atoms with Gasteiger partial charge < -0.3 is 34.5 Å². The summed E-state index contributed by atoms with van der Waals surface area (Å²) in [6.45, 7) is 6.90. The summed E-state index contributed by atoms with van der Waals surface area (Å²) in [7, 11) is 1.51. The van der Waals surface area contributed by atoms with Crippen LogP contribution in [-0.4, -0.2) is 112 Å². The normalized spacial score (nSPS) is 25.6. The topological polar surface area (TPSA) is 180 Å². The molecule has 0 bridgehead atoms. The molecule has 3 unspecified atom stereocenters. The van der Waals surface area contributed by atoms with E-state index >= 15 is 4.39 Å². The number of amides is 4. The molecule has 5 fully saturated rings. The lowest BCUT2D eigenvalue weighted by Gasteiger charge is -2.47. The fourth-order valence-corrected chi connectivity index (χ4v) is 10.9. The number of nitrogens with zero attached hydrogens (tertiary/aromatic N) is 6. The van der Waals surface area contributed by atoms with E-state index in [2.05, 4.69) is 30.7 Å². The van der Waals surface area contributed by atoms with E-state index in [0.717, 1.165) is 75.6 Å². The van der Waals surface area contributed by atoms with Gasteiger partial charge in [-0.1, -0.05) is 17.7 Å². The van der Waals surface area contributed by atoms with Gasteiger partial charge in [0.1, 0.15) is 16.9 Å². The first-order chi connectivity index (χ1) is 31.3. The molecule has 18 heteroatoms. The Hall–Kier alpha value is -5.65. The molecule has 0 spiro atoms. The molecule has 16 nitrogen and oxygen atoms in total. The lowest BCUT2D eigenvalue weighted by Crippen LogP contribution is -2.52. The summed E-state index contributed by atoms with van der Waals surface area (Å²) >= 11 is 6.60. The number of rotatable bonds is 12. The van der Waals surface area contributed by atoms with Crippen molar-refractivity contribution in [2.24, 2.45) is 5.92 Å². The molecule has 2 aromatic carbocycles. The highest BCUT2D eigenvalue weighted by atomic mass is 35.5. The molecule has 3 saturated heterocycles. The monoisotopic (exact) mass is 909 g/mol. The van der Waals surface area contributed by atoms with E-state index in [1.165, 1.54) is 11.9 Å². The van der Waals surface area contributed by atoms with Gasteiger partial charge >= 0.3 is 0 Å². The maximum absolute atomic E-state index is 16.3. The molecule has 4 amide bonds. The number of fused-ring (bicyclic) bond motifs is 3. The summed E-state index contributed by atoms with van der Waals surface area (Å²) in [6.07, 6.45) is 7.81. The van der Waals surface area contributed by atoms with E-state index in [1.807, 2.05) is 32.0 Å². The summed E-state index contributed by atoms with van der Waals surface area (Å²) in [5.41, 5.74) is 2.29. The molecule has 6 aliphatic rings. The van der Waals surface area contributed by atoms with Gasteiger partial charge in [-0.25, -0.2) is 9.37 Å². The fraction of sp³-hybridized carbons (Fsp3) is 0.511. The zero-order chi connectivity index (χ0) is 45.3. The maximum Gasteiger partial charge on any atom is 0.293 e. The van der Waals surface area contributed by atoms with Crippen molar-refractivity contribution in [2.45, 2.75) is 108 Å². The minimum Gasteiger partial charge on any atom is -0.478 e. The number of aromatic nitrogens is 3. The Bertz CT molecular complexity index is 2670. The van der Waals surface area contributed by atoms with Crippen molar-refractivity contribution in [1.29, 1.82) is 0 Å². The molecular weight excluding hydrogens is 857 g/mol. The van der Waals surface area contributed by atoms with Crippen LogP contribution in [-0.2, 0) is 31.1 Å². The molecule has 65 heavy (non-hydrogen) atoms. The van der Waals surface area contributed by atoms with Gasteiger partial charge in [0.2, 0.25) is 17.8 Å². The first kappa shape index (κ1) is 43.3. The molecule has 4 aliphatic heterocycles. The second-order valence-corrected chi connectivity index (χ2v) is 19.1. The van der Waals surface area contributed by atoms with E-state index in [9.17, 15) is 24.0 Å². The van der Waals surface area contributed by atoms with Gasteiger partial charge in [0.25, 0.3) is 17.4 Å². The molecule has 342 valence electrons. The van der Waals surface area contributed by atoms with Crippen molar-refractivity contribution < 1.29 is 33.0 Å². The Balaban J connectivity index is 0.707. The molecule has 3 N–H and O–H groups in total. The van der Waals surface area contributed by atoms with Gasteiger partial charge in [-0.3, -0.25) is 34.2 Å². The maximum atomic E-state index is 16.3. The Morgan fingerprint density at radius 1 is 1.05 bits per heavy atom. The van der Waals surface area contributed by atoms with Gasteiger partial charge in [-0.05, 0) is 107 Å². The van der Waals surface area contributed by atoms with Crippen molar-refractivity contribution in [3.05, 3.63) is 80.5 Å². The minimum atomic E-state index is -0.767. The number of halogens is 2. The minimum absolute atomic E-state index is 0.0459. The predicted molar refractivity (Wildman–Crippen MR) is 240 cm³/mol. The summed E-state index contributed by atoms with van der Waals surface area (Å²) in [4.78, 5) is 78.0. The van der Waals surface area contributed by atoms with E-state index in [0.29, 0.717) is 51.1 Å². The fourth-order valence-electron chi connectivity index (χ4n) is 10.8. The second kappa shape index (κ2) is 17.0. The lowest BCUT2D eigenvalue weighted by molar-refractivity contribution is -0.137. The summed E-state index contributed by atoms with van der Waals surface area (Å²) in [5.74, 6) is -0.374. The molecule has 10 rings (SSSR count). The number of ether oxygens (including phenoxy) is 2. The highest BCUT2D eigenvalue weighted by molar-refractivity contribution is 6.33. The Labute approximate surface area is 380 Å². The van der Waals surface area contributed by atoms with Crippen LogP contribution in [0.3, 0.4) is 0 Å². The average Bonchev–Trinajstić information content (AvgIpc) is 3.92. The number of carbonyl (C=O) groups excluding carboxylic acids is 4. The van der Waals surface area contributed by atoms with Gasteiger partial charge in [-0.2, -0.15) is 4.98 Å². The van der Waals surface area contributed by atoms with E-state index < -0.39 is 11.9 Å². The molecule has 2 saturated carbocycles. The van der Waals surface area contributed by atoms with Crippen molar-refractivity contribution in [1.82, 2.24) is 35.0 Å². The lowest BCUT2D eigenvalue weighted by atomic mass is 9.82. The number of benzene rings is 2.